The molecule has 2 heteroatoms. The highest BCUT2D eigenvalue weighted by Crippen LogP contribution is 2.48. The van der Waals surface area contributed by atoms with Crippen LogP contribution in [0.3, 0.4) is 0 Å². The van der Waals surface area contributed by atoms with E-state index in [1.807, 2.05) is 0 Å². The number of nitrogens with zero attached hydrogens (tertiary/aromatic N) is 1. The topological polar surface area (TPSA) is 29.3 Å². The maximum absolute atomic E-state index is 5.77. The number of piperidine rings is 1. The summed E-state index contributed by atoms with van der Waals surface area (Å²) in [5.41, 5.74) is 5.77. The molecule has 2 aliphatic heterocycles. The van der Waals surface area contributed by atoms with Crippen molar-refractivity contribution in [1.29, 1.82) is 0 Å². The molecule has 3 fully saturated rings. The average Bonchev–Trinajstić information content (AvgIpc) is 2.37. The molecule has 0 spiro atoms. The minimum Gasteiger partial charge on any atom is -0.330 e. The second-order valence-electron chi connectivity index (χ2n) is 5.19. The summed E-state index contributed by atoms with van der Waals surface area (Å²) in [5, 5.41) is 0. The molecule has 2 N–H and O–H groups in total. The SMILES string of the molecule is NCC1CCN2C[C@H]3CC[C@H]3C2C1. The Morgan fingerprint density at radius 2 is 2.15 bits per heavy atom. The van der Waals surface area contributed by atoms with Gasteiger partial charge in [0.05, 0.1) is 0 Å². The number of rotatable bonds is 1. The molecule has 3 rings (SSSR count). The summed E-state index contributed by atoms with van der Waals surface area (Å²) in [6.07, 6.45) is 5.76. The number of nitrogens with two attached hydrogens (primary N) is 1. The van der Waals surface area contributed by atoms with Crippen molar-refractivity contribution in [2.24, 2.45) is 23.5 Å². The van der Waals surface area contributed by atoms with Crippen molar-refractivity contribution >= 4 is 0 Å². The van der Waals surface area contributed by atoms with E-state index in [0.29, 0.717) is 0 Å². The van der Waals surface area contributed by atoms with Gasteiger partial charge in [-0.25, -0.2) is 0 Å². The molecule has 3 aliphatic rings. The van der Waals surface area contributed by atoms with Crippen LogP contribution in [-0.4, -0.2) is 30.6 Å². The second kappa shape index (κ2) is 2.96. The molecule has 4 atom stereocenters. The standard InChI is InChI=1S/C11H20N2/c12-6-8-3-4-13-7-9-1-2-10(9)11(13)5-8/h8-11H,1-7,12H2/t8?,9-,10-,11?/m1/s1. The molecule has 2 nitrogen and oxygen atoms in total. The van der Waals surface area contributed by atoms with Gasteiger partial charge in [-0.2, -0.15) is 0 Å². The highest BCUT2D eigenvalue weighted by Gasteiger charge is 2.48. The Bertz CT molecular complexity index is 204. The Morgan fingerprint density at radius 3 is 2.85 bits per heavy atom. The largest absolute Gasteiger partial charge is 0.330 e. The van der Waals surface area contributed by atoms with E-state index in [-0.39, 0.29) is 0 Å². The van der Waals surface area contributed by atoms with Crippen molar-refractivity contribution < 1.29 is 0 Å². The van der Waals surface area contributed by atoms with E-state index in [1.165, 1.54) is 38.8 Å². The first-order valence-electron chi connectivity index (χ1n) is 5.82. The summed E-state index contributed by atoms with van der Waals surface area (Å²) in [6, 6.07) is 0.932. The number of hydrogen-bond donors (Lipinski definition) is 1. The summed E-state index contributed by atoms with van der Waals surface area (Å²) in [7, 11) is 0. The van der Waals surface area contributed by atoms with Gasteiger partial charge in [-0.1, -0.05) is 0 Å². The zero-order chi connectivity index (χ0) is 8.84. The van der Waals surface area contributed by atoms with Crippen LogP contribution in [0.25, 0.3) is 0 Å². The van der Waals surface area contributed by atoms with Crippen molar-refractivity contribution in [3.63, 3.8) is 0 Å². The normalized spacial score (nSPS) is 49.6. The molecular weight excluding hydrogens is 160 g/mol. The van der Waals surface area contributed by atoms with E-state index < -0.39 is 0 Å². The van der Waals surface area contributed by atoms with Crippen molar-refractivity contribution in [1.82, 2.24) is 4.90 Å². The van der Waals surface area contributed by atoms with Crippen LogP contribution in [0, 0.1) is 17.8 Å². The fraction of sp³-hybridized carbons (Fsp3) is 1.00. The third-order valence-electron chi connectivity index (χ3n) is 4.64. The lowest BCUT2D eigenvalue weighted by molar-refractivity contribution is 0.118. The summed E-state index contributed by atoms with van der Waals surface area (Å²) in [4.78, 5) is 2.74. The monoisotopic (exact) mass is 180 g/mol. The highest BCUT2D eigenvalue weighted by atomic mass is 15.2. The van der Waals surface area contributed by atoms with Crippen LogP contribution < -0.4 is 5.73 Å². The minimum atomic E-state index is 0.834. The molecule has 1 saturated carbocycles. The lowest BCUT2D eigenvalue weighted by Gasteiger charge is -2.39. The van der Waals surface area contributed by atoms with Crippen molar-refractivity contribution in [2.45, 2.75) is 31.7 Å². The quantitative estimate of drug-likeness (QED) is 0.654. The van der Waals surface area contributed by atoms with E-state index in [1.54, 1.807) is 0 Å². The first-order chi connectivity index (χ1) is 6.38. The van der Waals surface area contributed by atoms with E-state index >= 15 is 0 Å². The first kappa shape index (κ1) is 8.25. The number of fused-ring (bicyclic) bond motifs is 3. The molecule has 0 amide bonds. The van der Waals surface area contributed by atoms with Crippen molar-refractivity contribution in [3.05, 3.63) is 0 Å². The van der Waals surface area contributed by atoms with Gasteiger partial charge >= 0.3 is 0 Å². The molecule has 0 aromatic rings. The van der Waals surface area contributed by atoms with E-state index in [9.17, 15) is 0 Å². The zero-order valence-corrected chi connectivity index (χ0v) is 8.28. The smallest absolute Gasteiger partial charge is 0.0130 e. The van der Waals surface area contributed by atoms with Crippen LogP contribution in [0.5, 0.6) is 0 Å². The van der Waals surface area contributed by atoms with Gasteiger partial charge in [0, 0.05) is 12.6 Å². The van der Waals surface area contributed by atoms with E-state index in [2.05, 4.69) is 4.90 Å². The maximum Gasteiger partial charge on any atom is 0.0130 e. The van der Waals surface area contributed by atoms with Gasteiger partial charge in [-0.3, -0.25) is 4.90 Å². The van der Waals surface area contributed by atoms with Gasteiger partial charge in [0.2, 0.25) is 0 Å². The molecular formula is C11H20N2. The van der Waals surface area contributed by atoms with Gasteiger partial charge < -0.3 is 5.73 Å². The van der Waals surface area contributed by atoms with Crippen LogP contribution >= 0.6 is 0 Å². The Labute approximate surface area is 80.5 Å². The predicted molar refractivity (Wildman–Crippen MR) is 53.4 cm³/mol. The third kappa shape index (κ3) is 1.15. The summed E-state index contributed by atoms with van der Waals surface area (Å²) in [6.45, 7) is 3.66. The van der Waals surface area contributed by atoms with Gasteiger partial charge in [0.15, 0.2) is 0 Å². The van der Waals surface area contributed by atoms with E-state index in [4.69, 9.17) is 5.73 Å². The Hall–Kier alpha value is -0.0800. The molecule has 0 bridgehead atoms. The molecule has 2 unspecified atom stereocenters. The lowest BCUT2D eigenvalue weighted by Crippen LogP contribution is -2.42. The van der Waals surface area contributed by atoms with Crippen LogP contribution in [-0.2, 0) is 0 Å². The van der Waals surface area contributed by atoms with Gasteiger partial charge in [0.25, 0.3) is 0 Å². The Morgan fingerprint density at radius 1 is 1.23 bits per heavy atom. The van der Waals surface area contributed by atoms with Crippen molar-refractivity contribution in [3.8, 4) is 0 Å². The van der Waals surface area contributed by atoms with Gasteiger partial charge in [0.1, 0.15) is 0 Å². The Balaban J connectivity index is 1.71. The lowest BCUT2D eigenvalue weighted by atomic mass is 9.71. The van der Waals surface area contributed by atoms with Crippen LogP contribution in [0.2, 0.25) is 0 Å². The van der Waals surface area contributed by atoms with Crippen LogP contribution in [0.1, 0.15) is 25.7 Å². The first-order valence-corrected chi connectivity index (χ1v) is 5.82. The third-order valence-corrected chi connectivity index (χ3v) is 4.64. The van der Waals surface area contributed by atoms with E-state index in [0.717, 1.165) is 30.3 Å². The molecule has 0 radical (unpaired) electrons. The van der Waals surface area contributed by atoms with Crippen molar-refractivity contribution in [2.75, 3.05) is 19.6 Å². The minimum absolute atomic E-state index is 0.834. The molecule has 1 aliphatic carbocycles. The fourth-order valence-electron chi connectivity index (χ4n) is 3.64. The van der Waals surface area contributed by atoms with Crippen LogP contribution in [0.4, 0.5) is 0 Å². The molecule has 13 heavy (non-hydrogen) atoms. The van der Waals surface area contributed by atoms with Crippen LogP contribution in [0.15, 0.2) is 0 Å². The average molecular weight is 180 g/mol. The maximum atomic E-state index is 5.77. The zero-order valence-electron chi connectivity index (χ0n) is 8.28. The number of hydrogen-bond acceptors (Lipinski definition) is 2. The summed E-state index contributed by atoms with van der Waals surface area (Å²) >= 11 is 0. The van der Waals surface area contributed by atoms with Gasteiger partial charge in [-0.05, 0) is 56.5 Å². The molecule has 0 aromatic heterocycles. The molecule has 2 heterocycles. The summed E-state index contributed by atoms with van der Waals surface area (Å²) < 4.78 is 0. The van der Waals surface area contributed by atoms with Gasteiger partial charge in [-0.15, -0.1) is 0 Å². The molecule has 2 saturated heterocycles. The molecule has 0 aromatic carbocycles. The second-order valence-corrected chi connectivity index (χ2v) is 5.19. The predicted octanol–water partition coefficient (Wildman–Crippen LogP) is 1.07. The highest BCUT2D eigenvalue weighted by molar-refractivity contribution is 5.01. The summed E-state index contributed by atoms with van der Waals surface area (Å²) in [5.74, 6) is 2.97. The fourth-order valence-corrected chi connectivity index (χ4v) is 3.64. The molecule has 74 valence electrons. The Kier molecular flexibility index (Phi) is 1.88.